The Morgan fingerprint density at radius 1 is 1.19 bits per heavy atom. The number of nitrogens with two attached hydrogens (primary N) is 1. The number of benzene rings is 1. The van der Waals surface area contributed by atoms with E-state index < -0.39 is 0 Å². The summed E-state index contributed by atoms with van der Waals surface area (Å²) in [6.45, 7) is 3.16. The van der Waals surface area contributed by atoms with Gasteiger partial charge in [-0.05, 0) is 31.0 Å². The minimum absolute atomic E-state index is 0.0758. The van der Waals surface area contributed by atoms with Crippen molar-refractivity contribution in [2.45, 2.75) is 19.8 Å². The van der Waals surface area contributed by atoms with E-state index in [1.54, 1.807) is 25.1 Å². The van der Waals surface area contributed by atoms with Crippen molar-refractivity contribution in [2.24, 2.45) is 5.73 Å². The third-order valence-electron chi connectivity index (χ3n) is 3.27. The van der Waals surface area contributed by atoms with E-state index >= 15 is 0 Å². The molecule has 2 N–H and O–H groups in total. The molecule has 0 radical (unpaired) electrons. The van der Waals surface area contributed by atoms with Gasteiger partial charge in [0.05, 0.1) is 0 Å². The molecule has 0 fully saturated rings. The molecule has 1 aromatic rings. The van der Waals surface area contributed by atoms with Gasteiger partial charge in [-0.2, -0.15) is 0 Å². The average molecular weight is 291 g/mol. The maximum Gasteiger partial charge on any atom is 0.254 e. The number of carbonyl (C=O) groups is 2. The second kappa shape index (κ2) is 8.42. The average Bonchev–Trinajstić information content (AvgIpc) is 2.46. The van der Waals surface area contributed by atoms with E-state index in [4.69, 9.17) is 5.73 Å². The van der Waals surface area contributed by atoms with Crippen molar-refractivity contribution in [3.05, 3.63) is 35.4 Å². The third-order valence-corrected chi connectivity index (χ3v) is 3.27. The number of rotatable bonds is 7. The maximum absolute atomic E-state index is 12.7. The van der Waals surface area contributed by atoms with Crippen molar-refractivity contribution in [1.29, 1.82) is 0 Å². The predicted octanol–water partition coefficient (Wildman–Crippen LogP) is 1.13. The minimum atomic E-state index is -0.101. The molecule has 0 heterocycles. The fourth-order valence-electron chi connectivity index (χ4n) is 2.10. The van der Waals surface area contributed by atoms with Gasteiger partial charge in [0.25, 0.3) is 5.91 Å². The Labute approximate surface area is 126 Å². The molecule has 0 spiro atoms. The molecular formula is C16H25N3O2. The van der Waals surface area contributed by atoms with Crippen molar-refractivity contribution in [2.75, 3.05) is 33.7 Å². The van der Waals surface area contributed by atoms with Crippen LogP contribution in [0.4, 0.5) is 0 Å². The van der Waals surface area contributed by atoms with Gasteiger partial charge in [0, 0.05) is 26.2 Å². The van der Waals surface area contributed by atoms with Crippen LogP contribution in [0.2, 0.25) is 0 Å². The normalized spacial score (nSPS) is 10.3. The van der Waals surface area contributed by atoms with Crippen molar-refractivity contribution in [1.82, 2.24) is 9.80 Å². The standard InChI is InChI=1S/C16H25N3O2/c1-4-11-19(12-15(20)18(2)3)16(21)14-8-6-5-7-13(14)9-10-17/h5-8H,4,9-12,17H2,1-3H3. The van der Waals surface area contributed by atoms with Gasteiger partial charge in [-0.1, -0.05) is 25.1 Å². The molecule has 0 atom stereocenters. The number of nitrogens with zero attached hydrogens (tertiary/aromatic N) is 2. The molecule has 0 aliphatic carbocycles. The second-order valence-electron chi connectivity index (χ2n) is 5.21. The lowest BCUT2D eigenvalue weighted by molar-refractivity contribution is -0.129. The van der Waals surface area contributed by atoms with Crippen LogP contribution in [0.3, 0.4) is 0 Å². The molecule has 0 bridgehead atoms. The summed E-state index contributed by atoms with van der Waals surface area (Å²) in [6.07, 6.45) is 1.47. The van der Waals surface area contributed by atoms with E-state index in [0.717, 1.165) is 12.0 Å². The van der Waals surface area contributed by atoms with Crippen LogP contribution < -0.4 is 5.73 Å². The van der Waals surface area contributed by atoms with Gasteiger partial charge in [-0.3, -0.25) is 9.59 Å². The lowest BCUT2D eigenvalue weighted by Gasteiger charge is -2.24. The molecule has 1 aromatic carbocycles. The van der Waals surface area contributed by atoms with Gasteiger partial charge in [0.2, 0.25) is 5.91 Å². The van der Waals surface area contributed by atoms with Crippen LogP contribution in [0, 0.1) is 0 Å². The summed E-state index contributed by atoms with van der Waals surface area (Å²) in [4.78, 5) is 27.7. The number of likely N-dealkylation sites (N-methyl/N-ethyl adjacent to an activating group) is 1. The summed E-state index contributed by atoms with van der Waals surface area (Å²) in [5.74, 6) is -0.177. The van der Waals surface area contributed by atoms with Crippen LogP contribution in [0.15, 0.2) is 24.3 Å². The summed E-state index contributed by atoms with van der Waals surface area (Å²) < 4.78 is 0. The van der Waals surface area contributed by atoms with E-state index in [-0.39, 0.29) is 18.4 Å². The smallest absolute Gasteiger partial charge is 0.254 e. The van der Waals surface area contributed by atoms with E-state index in [1.165, 1.54) is 4.90 Å². The summed E-state index contributed by atoms with van der Waals surface area (Å²) in [6, 6.07) is 7.45. The zero-order chi connectivity index (χ0) is 15.8. The first-order chi connectivity index (χ1) is 10.0. The molecule has 116 valence electrons. The fourth-order valence-corrected chi connectivity index (χ4v) is 2.10. The van der Waals surface area contributed by atoms with Crippen LogP contribution in [0.5, 0.6) is 0 Å². The highest BCUT2D eigenvalue weighted by Gasteiger charge is 2.20. The second-order valence-corrected chi connectivity index (χ2v) is 5.21. The molecule has 0 saturated carbocycles. The molecule has 5 heteroatoms. The number of amides is 2. The fraction of sp³-hybridized carbons (Fsp3) is 0.500. The molecule has 0 aliphatic rings. The Hall–Kier alpha value is -1.88. The van der Waals surface area contributed by atoms with Gasteiger partial charge in [0.1, 0.15) is 6.54 Å². The zero-order valence-electron chi connectivity index (χ0n) is 13.1. The van der Waals surface area contributed by atoms with Gasteiger partial charge in [-0.15, -0.1) is 0 Å². The van der Waals surface area contributed by atoms with Crippen molar-refractivity contribution >= 4 is 11.8 Å². The quantitative estimate of drug-likeness (QED) is 0.819. The van der Waals surface area contributed by atoms with Gasteiger partial charge >= 0.3 is 0 Å². The van der Waals surface area contributed by atoms with Crippen LogP contribution >= 0.6 is 0 Å². The summed E-state index contributed by atoms with van der Waals surface area (Å²) >= 11 is 0. The molecule has 5 nitrogen and oxygen atoms in total. The Bertz CT molecular complexity index is 486. The van der Waals surface area contributed by atoms with Crippen molar-refractivity contribution in [3.8, 4) is 0 Å². The summed E-state index contributed by atoms with van der Waals surface area (Å²) in [7, 11) is 3.39. The van der Waals surface area contributed by atoms with E-state index in [2.05, 4.69) is 0 Å². The molecule has 0 aromatic heterocycles. The highest BCUT2D eigenvalue weighted by Crippen LogP contribution is 2.13. The van der Waals surface area contributed by atoms with Crippen LogP contribution in [0.25, 0.3) is 0 Å². The largest absolute Gasteiger partial charge is 0.347 e. The Morgan fingerprint density at radius 2 is 1.86 bits per heavy atom. The lowest BCUT2D eigenvalue weighted by atomic mass is 10.0. The number of hydrogen-bond acceptors (Lipinski definition) is 3. The summed E-state index contributed by atoms with van der Waals surface area (Å²) in [5, 5.41) is 0. The van der Waals surface area contributed by atoms with Crippen molar-refractivity contribution in [3.63, 3.8) is 0 Å². The Balaban J connectivity index is 2.97. The number of hydrogen-bond donors (Lipinski definition) is 1. The molecule has 0 aliphatic heterocycles. The van der Waals surface area contributed by atoms with E-state index in [0.29, 0.717) is 25.1 Å². The molecule has 0 saturated heterocycles. The predicted molar refractivity (Wildman–Crippen MR) is 84.1 cm³/mol. The minimum Gasteiger partial charge on any atom is -0.347 e. The SMILES string of the molecule is CCCN(CC(=O)N(C)C)C(=O)c1ccccc1CCN. The first-order valence-electron chi connectivity index (χ1n) is 7.28. The van der Waals surface area contributed by atoms with Crippen LogP contribution in [-0.4, -0.2) is 55.3 Å². The van der Waals surface area contributed by atoms with Gasteiger partial charge in [-0.25, -0.2) is 0 Å². The zero-order valence-corrected chi connectivity index (χ0v) is 13.1. The van der Waals surface area contributed by atoms with Crippen molar-refractivity contribution < 1.29 is 9.59 Å². The Kier molecular flexibility index (Phi) is 6.88. The molecule has 21 heavy (non-hydrogen) atoms. The van der Waals surface area contributed by atoms with E-state index in [1.807, 2.05) is 25.1 Å². The molecule has 0 unspecified atom stereocenters. The Morgan fingerprint density at radius 3 is 2.43 bits per heavy atom. The first-order valence-corrected chi connectivity index (χ1v) is 7.28. The van der Waals surface area contributed by atoms with Gasteiger partial charge in [0.15, 0.2) is 0 Å². The van der Waals surface area contributed by atoms with Gasteiger partial charge < -0.3 is 15.5 Å². The third kappa shape index (κ3) is 4.86. The molecular weight excluding hydrogens is 266 g/mol. The molecule has 2 amide bonds. The molecule has 1 rings (SSSR count). The van der Waals surface area contributed by atoms with Crippen LogP contribution in [0.1, 0.15) is 29.3 Å². The monoisotopic (exact) mass is 291 g/mol. The summed E-state index contributed by atoms with van der Waals surface area (Å²) in [5.41, 5.74) is 7.17. The van der Waals surface area contributed by atoms with Crippen LogP contribution in [-0.2, 0) is 11.2 Å². The maximum atomic E-state index is 12.7. The number of carbonyl (C=O) groups excluding carboxylic acids is 2. The highest BCUT2D eigenvalue weighted by molar-refractivity contribution is 5.97. The van der Waals surface area contributed by atoms with E-state index in [9.17, 15) is 9.59 Å². The lowest BCUT2D eigenvalue weighted by Crippen LogP contribution is -2.41. The first kappa shape index (κ1) is 17.2. The topological polar surface area (TPSA) is 66.6 Å². The highest BCUT2D eigenvalue weighted by atomic mass is 16.2.